The second-order valence-electron chi connectivity index (χ2n) is 2.71. The zero-order chi connectivity index (χ0) is 7.61. The Kier molecular flexibility index (Phi) is 4.36. The molecule has 0 atom stereocenters. The first-order chi connectivity index (χ1) is 4.58. The van der Waals surface area contributed by atoms with Gasteiger partial charge in [-0.15, -0.1) is 12.4 Å². The Morgan fingerprint density at radius 1 is 1.27 bits per heavy atom. The Morgan fingerprint density at radius 3 is 2.09 bits per heavy atom. The lowest BCUT2D eigenvalue weighted by atomic mass is 10.3. The summed E-state index contributed by atoms with van der Waals surface area (Å²) in [6.07, 6.45) is 5.06. The molecule has 0 saturated heterocycles. The van der Waals surface area contributed by atoms with Gasteiger partial charge in [0.2, 0.25) is 0 Å². The quantitative estimate of drug-likeness (QED) is 0.632. The first-order valence-corrected chi connectivity index (χ1v) is 5.28. The molecule has 0 bridgehead atoms. The van der Waals surface area contributed by atoms with Crippen molar-refractivity contribution in [2.45, 2.75) is 31.8 Å². The standard InChI is InChI=1S/C6H12O3S.ClH/c1-10(7,8)9-6-4-2-3-5-6;/h6H,2-5H2,1H3;1H. The van der Waals surface area contributed by atoms with Gasteiger partial charge in [0.15, 0.2) is 0 Å². The van der Waals surface area contributed by atoms with Crippen molar-refractivity contribution >= 4 is 22.5 Å². The van der Waals surface area contributed by atoms with Crippen molar-refractivity contribution in [1.29, 1.82) is 0 Å². The van der Waals surface area contributed by atoms with E-state index in [0.717, 1.165) is 31.9 Å². The van der Waals surface area contributed by atoms with E-state index in [1.807, 2.05) is 0 Å². The van der Waals surface area contributed by atoms with Crippen LogP contribution in [0.3, 0.4) is 0 Å². The second kappa shape index (κ2) is 4.28. The Hall–Kier alpha value is 0.200. The van der Waals surface area contributed by atoms with E-state index in [4.69, 9.17) is 4.18 Å². The highest BCUT2D eigenvalue weighted by Crippen LogP contribution is 2.21. The first-order valence-electron chi connectivity index (χ1n) is 3.46. The molecule has 1 rings (SSSR count). The van der Waals surface area contributed by atoms with E-state index in [2.05, 4.69) is 0 Å². The Balaban J connectivity index is 0.000001000. The Bertz CT molecular complexity index is 194. The normalized spacial score (nSPS) is 19.7. The smallest absolute Gasteiger partial charge is 0.264 e. The van der Waals surface area contributed by atoms with E-state index in [-0.39, 0.29) is 18.5 Å². The summed E-state index contributed by atoms with van der Waals surface area (Å²) in [5.41, 5.74) is 0. The zero-order valence-corrected chi connectivity index (χ0v) is 8.08. The summed E-state index contributed by atoms with van der Waals surface area (Å²) in [6, 6.07) is 0. The molecule has 0 N–H and O–H groups in total. The summed E-state index contributed by atoms with van der Waals surface area (Å²) in [7, 11) is -3.21. The van der Waals surface area contributed by atoms with Crippen molar-refractivity contribution in [2.75, 3.05) is 6.26 Å². The topological polar surface area (TPSA) is 43.4 Å². The summed E-state index contributed by atoms with van der Waals surface area (Å²) < 4.78 is 25.9. The summed E-state index contributed by atoms with van der Waals surface area (Å²) >= 11 is 0. The van der Waals surface area contributed by atoms with Crippen LogP contribution in [-0.2, 0) is 14.3 Å². The van der Waals surface area contributed by atoms with Crippen LogP contribution in [0, 0.1) is 0 Å². The van der Waals surface area contributed by atoms with Gasteiger partial charge in [-0.1, -0.05) is 12.8 Å². The summed E-state index contributed by atoms with van der Waals surface area (Å²) in [5.74, 6) is 0. The molecular weight excluding hydrogens is 188 g/mol. The summed E-state index contributed by atoms with van der Waals surface area (Å²) in [6.45, 7) is 0. The predicted octanol–water partition coefficient (Wildman–Crippen LogP) is 1.33. The average molecular weight is 201 g/mol. The number of rotatable bonds is 2. The van der Waals surface area contributed by atoms with Crippen LogP contribution in [0.15, 0.2) is 0 Å². The molecule has 0 unspecified atom stereocenters. The minimum absolute atomic E-state index is 0. The van der Waals surface area contributed by atoms with Crippen molar-refractivity contribution in [3.63, 3.8) is 0 Å². The molecule has 3 nitrogen and oxygen atoms in total. The average Bonchev–Trinajstić information content (AvgIpc) is 2.12. The molecule has 1 saturated carbocycles. The van der Waals surface area contributed by atoms with Gasteiger partial charge in [-0.25, -0.2) is 0 Å². The van der Waals surface area contributed by atoms with Crippen molar-refractivity contribution < 1.29 is 12.6 Å². The maximum absolute atomic E-state index is 10.6. The van der Waals surface area contributed by atoms with Crippen LogP contribution in [0.5, 0.6) is 0 Å². The molecule has 1 aliphatic rings. The largest absolute Gasteiger partial charge is 0.267 e. The van der Waals surface area contributed by atoms with Crippen LogP contribution in [0.4, 0.5) is 0 Å². The molecule has 11 heavy (non-hydrogen) atoms. The second-order valence-corrected chi connectivity index (χ2v) is 4.31. The fraction of sp³-hybridized carbons (Fsp3) is 1.00. The van der Waals surface area contributed by atoms with E-state index in [0.29, 0.717) is 0 Å². The molecule has 0 aliphatic heterocycles. The fourth-order valence-corrected chi connectivity index (χ4v) is 1.92. The van der Waals surface area contributed by atoms with Gasteiger partial charge < -0.3 is 0 Å². The molecule has 0 aromatic heterocycles. The lowest BCUT2D eigenvalue weighted by Crippen LogP contribution is -2.13. The fourth-order valence-electron chi connectivity index (χ4n) is 1.23. The lowest BCUT2D eigenvalue weighted by Gasteiger charge is -2.06. The Morgan fingerprint density at radius 2 is 1.73 bits per heavy atom. The molecule has 1 aliphatic carbocycles. The lowest BCUT2D eigenvalue weighted by molar-refractivity contribution is 0.220. The molecule has 0 spiro atoms. The van der Waals surface area contributed by atoms with Crippen molar-refractivity contribution in [2.24, 2.45) is 0 Å². The number of hydrogen-bond donors (Lipinski definition) is 0. The molecular formula is C6H13ClO3S. The monoisotopic (exact) mass is 200 g/mol. The molecule has 5 heteroatoms. The van der Waals surface area contributed by atoms with Gasteiger partial charge in [-0.05, 0) is 12.8 Å². The summed E-state index contributed by atoms with van der Waals surface area (Å²) in [4.78, 5) is 0. The SMILES string of the molecule is CS(=O)(=O)OC1CCCC1.Cl. The van der Waals surface area contributed by atoms with Gasteiger partial charge in [-0.2, -0.15) is 8.42 Å². The summed E-state index contributed by atoms with van der Waals surface area (Å²) in [5, 5.41) is 0. The van der Waals surface area contributed by atoms with Crippen LogP contribution in [0.1, 0.15) is 25.7 Å². The van der Waals surface area contributed by atoms with Crippen molar-refractivity contribution in [1.82, 2.24) is 0 Å². The highest BCUT2D eigenvalue weighted by molar-refractivity contribution is 7.86. The maximum Gasteiger partial charge on any atom is 0.264 e. The maximum atomic E-state index is 10.6. The van der Waals surface area contributed by atoms with E-state index < -0.39 is 10.1 Å². The highest BCUT2D eigenvalue weighted by Gasteiger charge is 2.19. The van der Waals surface area contributed by atoms with E-state index in [1.54, 1.807) is 0 Å². The van der Waals surface area contributed by atoms with Gasteiger partial charge in [0.05, 0.1) is 12.4 Å². The van der Waals surface area contributed by atoms with Crippen LogP contribution >= 0.6 is 12.4 Å². The number of halogens is 1. The third-order valence-corrected chi connectivity index (χ3v) is 2.23. The minimum Gasteiger partial charge on any atom is -0.267 e. The van der Waals surface area contributed by atoms with Gasteiger partial charge in [0.1, 0.15) is 0 Å². The minimum atomic E-state index is -3.21. The van der Waals surface area contributed by atoms with Crippen LogP contribution in [-0.4, -0.2) is 20.8 Å². The molecule has 0 aromatic rings. The third kappa shape index (κ3) is 4.61. The third-order valence-electron chi connectivity index (χ3n) is 1.61. The Labute approximate surface area is 73.7 Å². The van der Waals surface area contributed by atoms with Gasteiger partial charge in [0.25, 0.3) is 10.1 Å². The highest BCUT2D eigenvalue weighted by atomic mass is 35.5. The van der Waals surface area contributed by atoms with E-state index in [9.17, 15) is 8.42 Å². The van der Waals surface area contributed by atoms with E-state index >= 15 is 0 Å². The predicted molar refractivity (Wildman–Crippen MR) is 45.4 cm³/mol. The van der Waals surface area contributed by atoms with Crippen molar-refractivity contribution in [3.8, 4) is 0 Å². The van der Waals surface area contributed by atoms with E-state index in [1.165, 1.54) is 0 Å². The van der Waals surface area contributed by atoms with Crippen molar-refractivity contribution in [3.05, 3.63) is 0 Å². The van der Waals surface area contributed by atoms with Crippen LogP contribution in [0.2, 0.25) is 0 Å². The molecule has 0 heterocycles. The molecule has 0 amide bonds. The zero-order valence-electron chi connectivity index (χ0n) is 6.45. The van der Waals surface area contributed by atoms with Gasteiger partial charge in [-0.3, -0.25) is 4.18 Å². The molecule has 1 fully saturated rings. The molecule has 0 radical (unpaired) electrons. The van der Waals surface area contributed by atoms with Crippen LogP contribution < -0.4 is 0 Å². The molecule has 0 aromatic carbocycles. The van der Waals surface area contributed by atoms with Gasteiger partial charge in [0, 0.05) is 0 Å². The van der Waals surface area contributed by atoms with Crippen LogP contribution in [0.25, 0.3) is 0 Å². The van der Waals surface area contributed by atoms with Gasteiger partial charge >= 0.3 is 0 Å². The molecule has 68 valence electrons. The first kappa shape index (κ1) is 11.2. The number of hydrogen-bond acceptors (Lipinski definition) is 3.